The van der Waals surface area contributed by atoms with Gasteiger partial charge in [0.2, 0.25) is 0 Å². The van der Waals surface area contributed by atoms with Crippen LogP contribution in [-0.2, 0) is 17.1 Å². The number of sulfonamides is 1. The fourth-order valence-electron chi connectivity index (χ4n) is 7.89. The van der Waals surface area contributed by atoms with E-state index < -0.39 is 14.9 Å². The first-order chi connectivity index (χ1) is 30.7. The van der Waals surface area contributed by atoms with Crippen molar-refractivity contribution in [3.63, 3.8) is 0 Å². The molecule has 64 heavy (non-hydrogen) atoms. The number of benzene rings is 5. The number of carbonyl (C=O) groups is 1. The molecular formula is C47H51FN8O5S3. The number of carbonyl (C=O) groups excluding carboxylic acids is 1. The first-order valence-electron chi connectivity index (χ1n) is 20.7. The van der Waals surface area contributed by atoms with Crippen molar-refractivity contribution >= 4 is 68.9 Å². The van der Waals surface area contributed by atoms with Crippen molar-refractivity contribution in [1.82, 2.24) is 14.2 Å². The Kier molecular flexibility index (Phi) is 14.5. The number of piperazine rings is 1. The van der Waals surface area contributed by atoms with Gasteiger partial charge in [-0.2, -0.15) is 0 Å². The molecule has 1 atom stereocenters. The monoisotopic (exact) mass is 922 g/mol. The largest absolute Gasteiger partial charge is 0.376 e. The summed E-state index contributed by atoms with van der Waals surface area (Å²) in [6.07, 6.45) is 0.724. The predicted octanol–water partition coefficient (Wildman–Crippen LogP) is 8.94. The van der Waals surface area contributed by atoms with Gasteiger partial charge in [-0.05, 0) is 130 Å². The maximum atomic E-state index is 13.9. The van der Waals surface area contributed by atoms with Gasteiger partial charge in [-0.15, -0.1) is 11.8 Å². The first-order valence-corrected chi connectivity index (χ1v) is 23.6. The molecule has 1 aliphatic rings. The molecule has 0 radical (unpaired) electrons. The highest BCUT2D eigenvalue weighted by atomic mass is 32.2. The number of nitro benzene ring substituents is 1. The van der Waals surface area contributed by atoms with Crippen LogP contribution < -0.4 is 24.6 Å². The molecule has 0 saturated carbocycles. The van der Waals surface area contributed by atoms with Crippen molar-refractivity contribution in [2.24, 2.45) is 7.05 Å². The van der Waals surface area contributed by atoms with Crippen molar-refractivity contribution in [2.75, 3.05) is 72.4 Å². The van der Waals surface area contributed by atoms with Crippen molar-refractivity contribution in [3.05, 3.63) is 149 Å². The molecule has 1 amide bonds. The molecule has 0 spiro atoms. The maximum absolute atomic E-state index is 13.9. The number of amides is 1. The normalized spacial score (nSPS) is 13.5. The van der Waals surface area contributed by atoms with Crippen molar-refractivity contribution in [1.29, 1.82) is 0 Å². The van der Waals surface area contributed by atoms with Crippen LogP contribution in [0.4, 0.5) is 32.8 Å². The van der Waals surface area contributed by atoms with Gasteiger partial charge in [-0.25, -0.2) is 12.8 Å². The summed E-state index contributed by atoms with van der Waals surface area (Å²) < 4.78 is 48.1. The van der Waals surface area contributed by atoms with E-state index in [1.807, 2.05) is 93.3 Å². The topological polar surface area (TPSA) is 145 Å². The summed E-state index contributed by atoms with van der Waals surface area (Å²) in [5, 5.41) is 15.6. The van der Waals surface area contributed by atoms with Crippen LogP contribution in [-0.4, -0.2) is 87.3 Å². The van der Waals surface area contributed by atoms with Gasteiger partial charge in [0.15, 0.2) is 0 Å². The zero-order valence-corrected chi connectivity index (χ0v) is 38.5. The Balaban J connectivity index is 1.02. The van der Waals surface area contributed by atoms with Crippen LogP contribution in [0.25, 0.3) is 22.4 Å². The van der Waals surface area contributed by atoms with E-state index in [0.29, 0.717) is 43.2 Å². The fourth-order valence-corrected chi connectivity index (χ4v) is 10.1. The van der Waals surface area contributed by atoms with E-state index >= 15 is 0 Å². The van der Waals surface area contributed by atoms with E-state index in [4.69, 9.17) is 0 Å². The Hall–Kier alpha value is -6.01. The number of nitrogens with zero attached hydrogens (tertiary/aromatic N) is 5. The molecule has 7 rings (SSSR count). The average Bonchev–Trinajstić information content (AvgIpc) is 3.56. The molecule has 334 valence electrons. The molecule has 17 heteroatoms. The minimum Gasteiger partial charge on any atom is -0.376 e. The molecule has 1 fully saturated rings. The Bertz CT molecular complexity index is 2710. The predicted molar refractivity (Wildman–Crippen MR) is 260 cm³/mol. The number of aromatic nitrogens is 1. The molecule has 1 aromatic heterocycles. The number of nitrogens with one attached hydrogen (secondary N) is 3. The van der Waals surface area contributed by atoms with Crippen molar-refractivity contribution in [3.8, 4) is 22.4 Å². The van der Waals surface area contributed by atoms with E-state index in [0.717, 1.165) is 63.4 Å². The zero-order valence-electron chi connectivity index (χ0n) is 36.0. The van der Waals surface area contributed by atoms with Gasteiger partial charge in [0.25, 0.3) is 21.6 Å². The van der Waals surface area contributed by atoms with Gasteiger partial charge in [0.05, 0.1) is 21.1 Å². The van der Waals surface area contributed by atoms with E-state index in [1.54, 1.807) is 36.0 Å². The molecule has 13 nitrogen and oxygen atoms in total. The van der Waals surface area contributed by atoms with Gasteiger partial charge in [0.1, 0.15) is 11.5 Å². The second kappa shape index (κ2) is 20.2. The SMILES string of the molecule is Cc1c(C(=O)NS)c(-c2cccc(N3CCN(c4ccc(NS(=O)(=O)c5ccc(N[C@H](CCN(C)C)CSc6ccccc6)c([N+](=O)[O-])c5)cc4)CC3)c2)c(-c2ccc(F)cc2)n1C. The quantitative estimate of drug-likeness (QED) is 0.0303. The lowest BCUT2D eigenvalue weighted by molar-refractivity contribution is -0.384. The number of thiol groups is 1. The van der Waals surface area contributed by atoms with Gasteiger partial charge >= 0.3 is 0 Å². The average molecular weight is 923 g/mol. The van der Waals surface area contributed by atoms with Crippen LogP contribution in [0, 0.1) is 22.9 Å². The lowest BCUT2D eigenvalue weighted by atomic mass is 9.96. The molecule has 1 saturated heterocycles. The molecule has 6 aromatic rings. The highest BCUT2D eigenvalue weighted by Crippen LogP contribution is 2.40. The molecular weight excluding hydrogens is 872 g/mol. The third-order valence-corrected chi connectivity index (χ3v) is 14.1. The smallest absolute Gasteiger partial charge is 0.293 e. The number of anilines is 4. The minimum absolute atomic E-state index is 0.116. The minimum atomic E-state index is -4.17. The summed E-state index contributed by atoms with van der Waals surface area (Å²) in [6.45, 7) is 5.43. The summed E-state index contributed by atoms with van der Waals surface area (Å²) in [5.74, 6) is -0.0220. The fraction of sp³-hybridized carbons (Fsp3) is 0.255. The van der Waals surface area contributed by atoms with E-state index in [9.17, 15) is 27.7 Å². The lowest BCUT2D eigenvalue weighted by Crippen LogP contribution is -2.46. The number of hydrogen-bond acceptors (Lipinski definition) is 11. The number of thioether (sulfide) groups is 1. The van der Waals surface area contributed by atoms with Gasteiger partial charge in [-0.3, -0.25) is 24.4 Å². The summed E-state index contributed by atoms with van der Waals surface area (Å²) in [6, 6.07) is 35.1. The highest BCUT2D eigenvalue weighted by molar-refractivity contribution is 7.99. The standard InChI is InChI=1S/C47H51FN8O5S3/c1-32-44(47(57)50-62)45(46(53(32)4)33-13-15-35(48)16-14-33)34-9-8-10-39(29-34)55-27-25-54(26-28-55)38-19-17-36(18-20-38)51-64(60,61)41-21-22-42(43(30-41)56(58)59)49-37(23-24-52(2)3)31-63-40-11-6-5-7-12-40/h5-22,29-30,37,49,51,62H,23-28,31H2,1-4H3,(H,50,57)/t37-/m1/s1. The van der Waals surface area contributed by atoms with Gasteiger partial charge in [-0.1, -0.05) is 43.1 Å². The van der Waals surface area contributed by atoms with Crippen LogP contribution in [0.15, 0.2) is 131 Å². The second-order valence-corrected chi connectivity index (χ2v) is 18.9. The van der Waals surface area contributed by atoms with Crippen LogP contribution in [0.1, 0.15) is 22.5 Å². The van der Waals surface area contributed by atoms with E-state index in [2.05, 4.69) is 48.3 Å². The molecule has 0 unspecified atom stereocenters. The Morgan fingerprint density at radius 2 is 1.55 bits per heavy atom. The van der Waals surface area contributed by atoms with Crippen molar-refractivity contribution in [2.45, 2.75) is 29.2 Å². The summed E-state index contributed by atoms with van der Waals surface area (Å²) in [4.78, 5) is 32.4. The van der Waals surface area contributed by atoms with E-state index in [1.165, 1.54) is 24.3 Å². The highest BCUT2D eigenvalue weighted by Gasteiger charge is 2.28. The lowest BCUT2D eigenvalue weighted by Gasteiger charge is -2.37. The van der Waals surface area contributed by atoms with E-state index in [-0.39, 0.29) is 34.0 Å². The summed E-state index contributed by atoms with van der Waals surface area (Å²) >= 11 is 5.73. The molecule has 5 aromatic carbocycles. The number of hydrogen-bond donors (Lipinski definition) is 4. The third kappa shape index (κ3) is 10.7. The number of halogens is 1. The van der Waals surface area contributed by atoms with Crippen molar-refractivity contribution < 1.29 is 22.5 Å². The third-order valence-electron chi connectivity index (χ3n) is 11.4. The molecule has 3 N–H and O–H groups in total. The molecule has 2 heterocycles. The Morgan fingerprint density at radius 1 is 0.875 bits per heavy atom. The first kappa shape index (κ1) is 46.0. The van der Waals surface area contributed by atoms with Crippen LogP contribution in [0.3, 0.4) is 0 Å². The maximum Gasteiger partial charge on any atom is 0.293 e. The number of nitro groups is 1. The summed E-state index contributed by atoms with van der Waals surface area (Å²) in [5.41, 5.74) is 6.55. The Morgan fingerprint density at radius 3 is 2.19 bits per heavy atom. The zero-order chi connectivity index (χ0) is 45.5. The Labute approximate surface area is 383 Å². The van der Waals surface area contributed by atoms with Gasteiger partial charge in [0, 0.05) is 84.3 Å². The van der Waals surface area contributed by atoms with Crippen LogP contribution in [0.2, 0.25) is 0 Å². The van der Waals surface area contributed by atoms with Crippen LogP contribution in [0.5, 0.6) is 0 Å². The molecule has 0 aliphatic carbocycles. The number of rotatable bonds is 17. The molecule has 1 aliphatic heterocycles. The summed E-state index contributed by atoms with van der Waals surface area (Å²) in [7, 11) is 1.66. The van der Waals surface area contributed by atoms with Gasteiger partial charge < -0.3 is 24.6 Å². The molecule has 0 bridgehead atoms. The second-order valence-electron chi connectivity index (χ2n) is 15.9. The van der Waals surface area contributed by atoms with Crippen LogP contribution >= 0.6 is 24.6 Å².